The van der Waals surface area contributed by atoms with Gasteiger partial charge in [-0.1, -0.05) is 61.8 Å². The molecule has 1 heterocycles. The molecule has 1 aliphatic heterocycles. The van der Waals surface area contributed by atoms with E-state index in [1.807, 2.05) is 6.07 Å². The molecule has 0 N–H and O–H groups in total. The van der Waals surface area contributed by atoms with Crippen molar-refractivity contribution in [3.05, 3.63) is 53.9 Å². The van der Waals surface area contributed by atoms with E-state index >= 15 is 8.78 Å². The molecule has 0 aromatic heterocycles. The van der Waals surface area contributed by atoms with Gasteiger partial charge in [0.15, 0.2) is 11.8 Å². The van der Waals surface area contributed by atoms with E-state index in [4.69, 9.17) is 4.74 Å². The van der Waals surface area contributed by atoms with E-state index in [9.17, 15) is 8.78 Å². The van der Waals surface area contributed by atoms with Crippen LogP contribution in [0.25, 0.3) is 5.57 Å². The van der Waals surface area contributed by atoms with Gasteiger partial charge in [-0.05, 0) is 42.0 Å². The molecule has 0 bridgehead atoms. The number of rotatable bonds is 7. The summed E-state index contributed by atoms with van der Waals surface area (Å²) in [7, 11) is -0.875. The molecule has 154 valence electrons. The molecular formula is C22H28F4OSi. The van der Waals surface area contributed by atoms with E-state index in [1.54, 1.807) is 24.3 Å². The van der Waals surface area contributed by atoms with Crippen LogP contribution in [0.15, 0.2) is 48.3 Å². The highest BCUT2D eigenvalue weighted by molar-refractivity contribution is 6.58. The molecule has 28 heavy (non-hydrogen) atoms. The van der Waals surface area contributed by atoms with Gasteiger partial charge in [0.05, 0.1) is 0 Å². The minimum atomic E-state index is -2.76. The molecule has 0 amide bonds. The molecule has 6 heteroatoms. The molecule has 0 saturated carbocycles. The lowest BCUT2D eigenvalue weighted by Gasteiger charge is -2.45. The van der Waals surface area contributed by atoms with E-state index in [2.05, 4.69) is 6.92 Å². The summed E-state index contributed by atoms with van der Waals surface area (Å²) in [5, 5.41) is 0. The molecule has 0 spiro atoms. The summed E-state index contributed by atoms with van der Waals surface area (Å²) >= 11 is 0. The highest BCUT2D eigenvalue weighted by Crippen LogP contribution is 2.48. The van der Waals surface area contributed by atoms with Gasteiger partial charge in [0.1, 0.15) is 12.4 Å². The summed E-state index contributed by atoms with van der Waals surface area (Å²) in [4.78, 5) is 0. The van der Waals surface area contributed by atoms with E-state index in [0.717, 1.165) is 18.5 Å². The largest absolute Gasteiger partial charge is 0.358 e. The standard InChI is InChI=1S/C22H28F4OSi/c1-2-10-28-11-8-18(9-12-28)22(27-15-21(25)26)19(23)13-17(14-20(22)24)16-6-4-3-5-7-16/h3-7,13-14,18-19,21,28H,2,8-12,15H2,1H3. The molecule has 1 aromatic rings. The van der Waals surface area contributed by atoms with Crippen molar-refractivity contribution in [2.45, 2.75) is 62.5 Å². The Balaban J connectivity index is 1.88. The lowest BCUT2D eigenvalue weighted by atomic mass is 9.74. The second-order valence-electron chi connectivity index (χ2n) is 7.88. The second kappa shape index (κ2) is 9.40. The first kappa shape index (κ1) is 21.3. The lowest BCUT2D eigenvalue weighted by molar-refractivity contribution is -0.137. The molecular weight excluding hydrogens is 384 g/mol. The van der Waals surface area contributed by atoms with E-state index < -0.39 is 45.3 Å². The van der Waals surface area contributed by atoms with E-state index in [0.29, 0.717) is 24.0 Å². The fourth-order valence-electron chi connectivity index (χ4n) is 4.70. The zero-order chi connectivity index (χ0) is 20.1. The molecule has 1 fully saturated rings. The molecule has 1 saturated heterocycles. The van der Waals surface area contributed by atoms with Crippen LogP contribution in [0.5, 0.6) is 0 Å². The first-order chi connectivity index (χ1) is 13.5. The van der Waals surface area contributed by atoms with Crippen molar-refractivity contribution < 1.29 is 22.3 Å². The Hall–Kier alpha value is -1.40. The zero-order valence-electron chi connectivity index (χ0n) is 16.2. The number of hydrogen-bond donors (Lipinski definition) is 0. The van der Waals surface area contributed by atoms with Crippen molar-refractivity contribution in [3.63, 3.8) is 0 Å². The van der Waals surface area contributed by atoms with Crippen LogP contribution in [0.3, 0.4) is 0 Å². The molecule has 1 aliphatic carbocycles. The van der Waals surface area contributed by atoms with Gasteiger partial charge < -0.3 is 4.74 Å². The lowest BCUT2D eigenvalue weighted by Crippen LogP contribution is -2.52. The Bertz CT molecular complexity index is 698. The van der Waals surface area contributed by atoms with Gasteiger partial charge in [-0.15, -0.1) is 0 Å². The average Bonchev–Trinajstić information content (AvgIpc) is 2.69. The van der Waals surface area contributed by atoms with Crippen molar-refractivity contribution in [2.24, 2.45) is 5.92 Å². The zero-order valence-corrected chi connectivity index (χ0v) is 17.4. The second-order valence-corrected chi connectivity index (χ2v) is 11.3. The molecule has 1 nitrogen and oxygen atoms in total. The third-order valence-electron chi connectivity index (χ3n) is 6.10. The Labute approximate surface area is 166 Å². The van der Waals surface area contributed by atoms with Crippen molar-refractivity contribution >= 4 is 14.4 Å². The van der Waals surface area contributed by atoms with Gasteiger partial charge in [-0.3, -0.25) is 0 Å². The number of ether oxygens (including phenoxy) is 1. The summed E-state index contributed by atoms with van der Waals surface area (Å²) in [5.41, 5.74) is -0.793. The van der Waals surface area contributed by atoms with Crippen LogP contribution in [0.2, 0.25) is 18.1 Å². The van der Waals surface area contributed by atoms with Crippen LogP contribution >= 0.6 is 0 Å². The van der Waals surface area contributed by atoms with Crippen molar-refractivity contribution in [3.8, 4) is 0 Å². The van der Waals surface area contributed by atoms with Crippen molar-refractivity contribution in [1.82, 2.24) is 0 Å². The minimum Gasteiger partial charge on any atom is -0.358 e. The SMILES string of the molecule is CCC[SiH]1CCC(C2(OCC(F)F)C(F)=CC(c3ccccc3)=CC2F)CC1. The summed E-state index contributed by atoms with van der Waals surface area (Å²) in [6.45, 7) is 1.20. The van der Waals surface area contributed by atoms with Gasteiger partial charge >= 0.3 is 0 Å². The third-order valence-corrected chi connectivity index (χ3v) is 9.79. The van der Waals surface area contributed by atoms with Crippen molar-refractivity contribution in [1.29, 1.82) is 0 Å². The number of benzene rings is 1. The normalized spacial score (nSPS) is 30.9. The molecule has 1 aromatic carbocycles. The Morgan fingerprint density at radius 1 is 1.18 bits per heavy atom. The topological polar surface area (TPSA) is 9.23 Å². The maximum Gasteiger partial charge on any atom is 0.261 e. The smallest absolute Gasteiger partial charge is 0.261 e. The van der Waals surface area contributed by atoms with Gasteiger partial charge in [-0.2, -0.15) is 0 Å². The maximum atomic E-state index is 15.5. The van der Waals surface area contributed by atoms with Crippen molar-refractivity contribution in [2.75, 3.05) is 6.61 Å². The molecule has 2 atom stereocenters. The average molecular weight is 413 g/mol. The van der Waals surface area contributed by atoms with Crippen LogP contribution in [0.4, 0.5) is 17.6 Å². The summed E-state index contributed by atoms with van der Waals surface area (Å²) < 4.78 is 62.0. The number of halogens is 4. The first-order valence-corrected chi connectivity index (χ1v) is 12.6. The molecule has 3 rings (SSSR count). The van der Waals surface area contributed by atoms with Crippen LogP contribution in [0, 0.1) is 5.92 Å². The van der Waals surface area contributed by atoms with Gasteiger partial charge in [-0.25, -0.2) is 17.6 Å². The van der Waals surface area contributed by atoms with Gasteiger partial charge in [0.2, 0.25) is 0 Å². The first-order valence-electron chi connectivity index (χ1n) is 10.2. The van der Waals surface area contributed by atoms with Gasteiger partial charge in [0.25, 0.3) is 6.43 Å². The Morgan fingerprint density at radius 2 is 1.86 bits per heavy atom. The molecule has 2 aliphatic rings. The van der Waals surface area contributed by atoms with E-state index in [1.165, 1.54) is 18.2 Å². The predicted octanol–water partition coefficient (Wildman–Crippen LogP) is 6.34. The maximum absolute atomic E-state index is 15.5. The monoisotopic (exact) mass is 412 g/mol. The van der Waals surface area contributed by atoms with Crippen LogP contribution in [-0.2, 0) is 4.74 Å². The Kier molecular flexibility index (Phi) is 7.15. The summed E-state index contributed by atoms with van der Waals surface area (Å²) in [6, 6.07) is 12.2. The Morgan fingerprint density at radius 3 is 2.43 bits per heavy atom. The third kappa shape index (κ3) is 4.43. The quantitative estimate of drug-likeness (QED) is 0.375. The molecule has 2 unspecified atom stereocenters. The van der Waals surface area contributed by atoms with Gasteiger partial charge in [0, 0.05) is 8.80 Å². The summed E-state index contributed by atoms with van der Waals surface area (Å²) in [6.07, 6.45) is 0.485. The van der Waals surface area contributed by atoms with Crippen LogP contribution in [-0.4, -0.2) is 33.6 Å². The fourth-order valence-corrected chi connectivity index (χ4v) is 8.13. The number of alkyl halides is 3. The molecule has 0 radical (unpaired) electrons. The highest BCUT2D eigenvalue weighted by atomic mass is 28.3. The minimum absolute atomic E-state index is 0.410. The predicted molar refractivity (Wildman–Crippen MR) is 108 cm³/mol. The van der Waals surface area contributed by atoms with Crippen LogP contribution in [0.1, 0.15) is 31.7 Å². The highest BCUT2D eigenvalue weighted by Gasteiger charge is 2.53. The fraction of sp³-hybridized carbons (Fsp3) is 0.545. The number of allylic oxidation sites excluding steroid dienone is 2. The van der Waals surface area contributed by atoms with E-state index in [-0.39, 0.29) is 0 Å². The number of hydrogen-bond acceptors (Lipinski definition) is 1. The van der Waals surface area contributed by atoms with Crippen LogP contribution < -0.4 is 0 Å². The summed E-state index contributed by atoms with van der Waals surface area (Å²) in [5.74, 6) is -1.17.